The first-order valence-electron chi connectivity index (χ1n) is 9.16. The van der Waals surface area contributed by atoms with Crippen LogP contribution in [0.5, 0.6) is 0 Å². The van der Waals surface area contributed by atoms with Crippen molar-refractivity contribution in [3.63, 3.8) is 0 Å². The zero-order chi connectivity index (χ0) is 19.6. The molecule has 0 saturated heterocycles. The van der Waals surface area contributed by atoms with Crippen molar-refractivity contribution in [2.45, 2.75) is 45.2 Å². The van der Waals surface area contributed by atoms with E-state index in [1.165, 1.54) is 18.4 Å². The molecule has 1 aliphatic carbocycles. The van der Waals surface area contributed by atoms with Crippen LogP contribution in [0.1, 0.15) is 50.2 Å². The highest BCUT2D eigenvalue weighted by Crippen LogP contribution is 2.37. The number of alkyl halides is 3. The van der Waals surface area contributed by atoms with Crippen LogP contribution >= 0.6 is 0 Å². The molecule has 2 aromatic rings. The zero-order valence-corrected chi connectivity index (χ0v) is 15.0. The Morgan fingerprint density at radius 2 is 1.59 bits per heavy atom. The fraction of sp³-hybridized carbons (Fsp3) is 0.364. The molecule has 0 radical (unpaired) electrons. The Morgan fingerprint density at radius 3 is 2.15 bits per heavy atom. The monoisotopic (exact) mass is 380 g/mol. The predicted molar refractivity (Wildman–Crippen MR) is 97.0 cm³/mol. The molecule has 0 N–H and O–H groups in total. The van der Waals surface area contributed by atoms with Gasteiger partial charge in [-0.1, -0.05) is 56.2 Å². The Hall–Kier alpha value is -2.17. The number of benzene rings is 2. The van der Waals surface area contributed by atoms with Crippen LogP contribution in [0.2, 0.25) is 0 Å². The first kappa shape index (κ1) is 19.6. The van der Waals surface area contributed by atoms with Gasteiger partial charge in [0.15, 0.2) is 11.6 Å². The third kappa shape index (κ3) is 4.23. The van der Waals surface area contributed by atoms with Crippen LogP contribution < -0.4 is 0 Å². The van der Waals surface area contributed by atoms with Gasteiger partial charge in [-0.05, 0) is 47.9 Å². The van der Waals surface area contributed by atoms with Crippen molar-refractivity contribution in [1.29, 1.82) is 0 Å². The summed E-state index contributed by atoms with van der Waals surface area (Å²) in [6.07, 6.45) is 2.88. The van der Waals surface area contributed by atoms with E-state index in [-0.39, 0.29) is 5.56 Å². The van der Waals surface area contributed by atoms with Gasteiger partial charge < -0.3 is 0 Å². The molecular formula is C22H21F5. The van der Waals surface area contributed by atoms with Crippen molar-refractivity contribution in [2.24, 2.45) is 5.92 Å². The molecule has 0 amide bonds. The topological polar surface area (TPSA) is 0 Å². The number of hydrogen-bond donors (Lipinski definition) is 0. The van der Waals surface area contributed by atoms with Gasteiger partial charge in [-0.2, -0.15) is 13.2 Å². The van der Waals surface area contributed by atoms with Crippen LogP contribution in [0.15, 0.2) is 42.5 Å². The molecule has 1 atom stereocenters. The summed E-state index contributed by atoms with van der Waals surface area (Å²) >= 11 is 0. The van der Waals surface area contributed by atoms with E-state index in [1.54, 1.807) is 12.1 Å². The summed E-state index contributed by atoms with van der Waals surface area (Å²) in [6, 6.07) is 8.44. The van der Waals surface area contributed by atoms with Gasteiger partial charge >= 0.3 is 6.18 Å². The van der Waals surface area contributed by atoms with Gasteiger partial charge in [0.05, 0.1) is 5.56 Å². The molecule has 27 heavy (non-hydrogen) atoms. The van der Waals surface area contributed by atoms with E-state index in [0.29, 0.717) is 11.6 Å². The Balaban J connectivity index is 1.83. The average molecular weight is 380 g/mol. The normalized spacial score (nSPS) is 17.7. The third-order valence-corrected chi connectivity index (χ3v) is 5.17. The second-order valence-corrected chi connectivity index (χ2v) is 7.02. The van der Waals surface area contributed by atoms with Crippen molar-refractivity contribution in [2.75, 3.05) is 0 Å². The zero-order valence-electron chi connectivity index (χ0n) is 15.0. The highest BCUT2D eigenvalue weighted by Gasteiger charge is 2.36. The smallest absolute Gasteiger partial charge is 0.203 e. The summed E-state index contributed by atoms with van der Waals surface area (Å²) in [4.78, 5) is 0. The summed E-state index contributed by atoms with van der Waals surface area (Å²) in [7, 11) is 0. The van der Waals surface area contributed by atoms with E-state index in [9.17, 15) is 22.0 Å². The lowest BCUT2D eigenvalue weighted by atomic mass is 9.84. The van der Waals surface area contributed by atoms with Gasteiger partial charge in [-0.3, -0.25) is 0 Å². The quantitative estimate of drug-likeness (QED) is 0.478. The van der Waals surface area contributed by atoms with Gasteiger partial charge in [0.2, 0.25) is 0 Å². The predicted octanol–water partition coefficient (Wildman–Crippen LogP) is 7.63. The largest absolute Gasteiger partial charge is 0.419 e. The molecule has 0 bridgehead atoms. The van der Waals surface area contributed by atoms with E-state index < -0.39 is 23.4 Å². The minimum atomic E-state index is -4.92. The van der Waals surface area contributed by atoms with Crippen LogP contribution in [0.25, 0.3) is 16.7 Å². The summed E-state index contributed by atoms with van der Waals surface area (Å²) < 4.78 is 66.0. The highest BCUT2D eigenvalue weighted by molar-refractivity contribution is 5.71. The Labute approximate surface area is 155 Å². The summed E-state index contributed by atoms with van der Waals surface area (Å²) in [6.45, 7) is 2.18. The third-order valence-electron chi connectivity index (χ3n) is 5.17. The second kappa shape index (κ2) is 7.83. The summed E-state index contributed by atoms with van der Waals surface area (Å²) in [5, 5.41) is 0. The fourth-order valence-corrected chi connectivity index (χ4v) is 3.68. The van der Waals surface area contributed by atoms with E-state index in [4.69, 9.17) is 0 Å². The standard InChI is InChI=1S/C22H21F5/c1-2-3-14-4-6-15(7-5-14)16-8-10-17(11-9-16)18-12-13-19(22(25,26)27)21(24)20(18)23/h6,8-14H,2-5,7H2,1H3. The van der Waals surface area contributed by atoms with Gasteiger partial charge in [0.1, 0.15) is 0 Å². The molecule has 0 aliphatic heterocycles. The molecule has 0 saturated carbocycles. The van der Waals surface area contributed by atoms with Crippen LogP contribution in [0.4, 0.5) is 22.0 Å². The SMILES string of the molecule is CCCC1CC=C(c2ccc(-c3ccc(C(F)(F)F)c(F)c3F)cc2)CC1. The first-order valence-corrected chi connectivity index (χ1v) is 9.16. The van der Waals surface area contributed by atoms with Crippen LogP contribution in [0.3, 0.4) is 0 Å². The lowest BCUT2D eigenvalue weighted by molar-refractivity contribution is -0.140. The highest BCUT2D eigenvalue weighted by atomic mass is 19.4. The molecule has 2 aromatic carbocycles. The first-order chi connectivity index (χ1) is 12.8. The molecule has 3 rings (SSSR count). The van der Waals surface area contributed by atoms with Crippen LogP contribution in [-0.2, 0) is 6.18 Å². The van der Waals surface area contributed by atoms with E-state index in [2.05, 4.69) is 13.0 Å². The molecule has 1 aliphatic rings. The molecule has 0 heterocycles. The van der Waals surface area contributed by atoms with Crippen LogP contribution in [0, 0.1) is 17.6 Å². The molecular weight excluding hydrogens is 359 g/mol. The van der Waals surface area contributed by atoms with E-state index in [0.717, 1.165) is 36.8 Å². The number of hydrogen-bond acceptors (Lipinski definition) is 0. The maximum atomic E-state index is 14.2. The van der Waals surface area contributed by atoms with Crippen molar-refractivity contribution in [1.82, 2.24) is 0 Å². The van der Waals surface area contributed by atoms with E-state index >= 15 is 0 Å². The lowest BCUT2D eigenvalue weighted by Gasteiger charge is -2.21. The molecule has 0 fully saturated rings. The van der Waals surface area contributed by atoms with Crippen molar-refractivity contribution in [3.8, 4) is 11.1 Å². The summed E-state index contributed by atoms with van der Waals surface area (Å²) in [5.41, 5.74) is 0.834. The number of rotatable bonds is 4. The summed E-state index contributed by atoms with van der Waals surface area (Å²) in [5.74, 6) is -2.61. The number of allylic oxidation sites excluding steroid dienone is 2. The average Bonchev–Trinajstić information content (AvgIpc) is 2.64. The molecule has 5 heteroatoms. The molecule has 0 spiro atoms. The van der Waals surface area contributed by atoms with Gasteiger partial charge in [0.25, 0.3) is 0 Å². The Morgan fingerprint density at radius 1 is 0.926 bits per heavy atom. The maximum Gasteiger partial charge on any atom is 0.419 e. The van der Waals surface area contributed by atoms with Gasteiger partial charge in [-0.15, -0.1) is 0 Å². The second-order valence-electron chi connectivity index (χ2n) is 7.02. The molecule has 0 nitrogen and oxygen atoms in total. The maximum absolute atomic E-state index is 14.2. The minimum Gasteiger partial charge on any atom is -0.203 e. The van der Waals surface area contributed by atoms with Crippen molar-refractivity contribution < 1.29 is 22.0 Å². The van der Waals surface area contributed by atoms with E-state index in [1.807, 2.05) is 12.1 Å². The lowest BCUT2D eigenvalue weighted by Crippen LogP contribution is -2.10. The fourth-order valence-electron chi connectivity index (χ4n) is 3.68. The van der Waals surface area contributed by atoms with Crippen LogP contribution in [-0.4, -0.2) is 0 Å². The molecule has 0 aromatic heterocycles. The minimum absolute atomic E-state index is 0.173. The van der Waals surface area contributed by atoms with Gasteiger partial charge in [0, 0.05) is 5.56 Å². The number of halogens is 5. The Kier molecular flexibility index (Phi) is 5.68. The molecule has 1 unspecified atom stereocenters. The van der Waals surface area contributed by atoms with Crippen molar-refractivity contribution >= 4 is 5.57 Å². The van der Waals surface area contributed by atoms with Crippen molar-refractivity contribution in [3.05, 3.63) is 65.2 Å². The molecule has 144 valence electrons. The van der Waals surface area contributed by atoms with Gasteiger partial charge in [-0.25, -0.2) is 8.78 Å². The Bertz CT molecular complexity index is 831.